The van der Waals surface area contributed by atoms with E-state index in [-0.39, 0.29) is 17.0 Å². The Morgan fingerprint density at radius 1 is 1.75 bits per heavy atom. The van der Waals surface area contributed by atoms with Crippen LogP contribution in [0.3, 0.4) is 0 Å². The summed E-state index contributed by atoms with van der Waals surface area (Å²) in [5.74, 6) is 1.68. The van der Waals surface area contributed by atoms with Gasteiger partial charge in [-0.2, -0.15) is 0 Å². The maximum atomic E-state index is 10.7. The van der Waals surface area contributed by atoms with E-state index in [9.17, 15) is 4.79 Å². The predicted molar refractivity (Wildman–Crippen MR) is 60.5 cm³/mol. The topological polar surface area (TPSA) is 75.1 Å². The monoisotopic (exact) mass is 239 g/mol. The summed E-state index contributed by atoms with van der Waals surface area (Å²) in [6.07, 6.45) is 5.65. The third-order valence-corrected chi connectivity index (χ3v) is 1.91. The number of carboxylic acids is 1. The fraction of sp³-hybridized carbons (Fsp3) is 0.300. The normalized spacial score (nSPS) is 11.6. The quantitative estimate of drug-likeness (QED) is 0.617. The molecule has 0 saturated carbocycles. The van der Waals surface area contributed by atoms with Gasteiger partial charge in [-0.3, -0.25) is 0 Å². The highest BCUT2D eigenvalue weighted by Crippen LogP contribution is 2.12. The first-order valence-electron chi connectivity index (χ1n) is 4.50. The van der Waals surface area contributed by atoms with Gasteiger partial charge in [0.15, 0.2) is 5.69 Å². The lowest BCUT2D eigenvalue weighted by atomic mass is 10.2. The third kappa shape index (κ3) is 3.41. The molecule has 16 heavy (non-hydrogen) atoms. The Labute approximate surface area is 97.9 Å². The number of terminal acetylenes is 1. The molecule has 1 aromatic rings. The van der Waals surface area contributed by atoms with Crippen molar-refractivity contribution in [1.82, 2.24) is 9.97 Å². The van der Waals surface area contributed by atoms with E-state index < -0.39 is 5.97 Å². The molecule has 1 unspecified atom stereocenters. The van der Waals surface area contributed by atoms with Crippen LogP contribution in [0.15, 0.2) is 6.07 Å². The largest absolute Gasteiger partial charge is 0.477 e. The third-order valence-electron chi connectivity index (χ3n) is 1.74. The highest BCUT2D eigenvalue weighted by atomic mass is 35.5. The van der Waals surface area contributed by atoms with Crippen molar-refractivity contribution in [2.75, 3.05) is 5.32 Å². The number of nitrogens with zero attached hydrogens (tertiary/aromatic N) is 2. The molecule has 0 radical (unpaired) electrons. The van der Waals surface area contributed by atoms with Crippen LogP contribution in [0, 0.1) is 12.3 Å². The van der Waals surface area contributed by atoms with E-state index in [1.807, 2.05) is 6.92 Å². The molecule has 0 amide bonds. The van der Waals surface area contributed by atoms with Gasteiger partial charge in [-0.15, -0.1) is 12.3 Å². The number of hydrogen-bond acceptors (Lipinski definition) is 4. The van der Waals surface area contributed by atoms with Crippen molar-refractivity contribution >= 4 is 23.4 Å². The van der Waals surface area contributed by atoms with Crippen LogP contribution in [-0.2, 0) is 0 Å². The fourth-order valence-electron chi connectivity index (χ4n) is 1.08. The number of nitrogens with one attached hydrogen (secondary N) is 1. The van der Waals surface area contributed by atoms with Crippen LogP contribution in [0.1, 0.15) is 23.8 Å². The van der Waals surface area contributed by atoms with Gasteiger partial charge in [0, 0.05) is 18.5 Å². The van der Waals surface area contributed by atoms with Gasteiger partial charge >= 0.3 is 5.97 Å². The molecule has 2 N–H and O–H groups in total. The van der Waals surface area contributed by atoms with Gasteiger partial charge in [-0.1, -0.05) is 0 Å². The molecule has 5 nitrogen and oxygen atoms in total. The first kappa shape index (κ1) is 12.3. The Morgan fingerprint density at radius 3 is 3.00 bits per heavy atom. The van der Waals surface area contributed by atoms with Crippen molar-refractivity contribution in [3.05, 3.63) is 17.0 Å². The summed E-state index contributed by atoms with van der Waals surface area (Å²) in [6.45, 7) is 1.86. The first-order chi connectivity index (χ1) is 7.52. The summed E-state index contributed by atoms with van der Waals surface area (Å²) in [6, 6.07) is 1.29. The van der Waals surface area contributed by atoms with Crippen molar-refractivity contribution in [1.29, 1.82) is 0 Å². The molecule has 1 heterocycles. The van der Waals surface area contributed by atoms with E-state index in [1.165, 1.54) is 6.07 Å². The minimum Gasteiger partial charge on any atom is -0.477 e. The minimum absolute atomic E-state index is 0.0161. The summed E-state index contributed by atoms with van der Waals surface area (Å²) in [4.78, 5) is 18.1. The molecule has 6 heteroatoms. The first-order valence-corrected chi connectivity index (χ1v) is 4.88. The van der Waals surface area contributed by atoms with Crippen LogP contribution in [0.4, 0.5) is 5.82 Å². The SMILES string of the molecule is C#CCC(C)Nc1cc(C(=O)O)nc(Cl)n1. The van der Waals surface area contributed by atoms with E-state index in [2.05, 4.69) is 21.2 Å². The molecule has 0 aromatic carbocycles. The Hall–Kier alpha value is -1.80. The molecule has 1 aromatic heterocycles. The fourth-order valence-corrected chi connectivity index (χ4v) is 1.26. The molecular formula is C10H10ClN3O2. The van der Waals surface area contributed by atoms with Crippen molar-refractivity contribution in [3.8, 4) is 12.3 Å². The number of carboxylic acid groups (broad SMARTS) is 1. The number of aromatic nitrogens is 2. The predicted octanol–water partition coefficient (Wildman–Crippen LogP) is 1.65. The summed E-state index contributed by atoms with van der Waals surface area (Å²) in [5, 5.41) is 11.6. The van der Waals surface area contributed by atoms with Crippen LogP contribution in [-0.4, -0.2) is 27.1 Å². The lowest BCUT2D eigenvalue weighted by molar-refractivity contribution is 0.0690. The van der Waals surface area contributed by atoms with Crippen LogP contribution >= 0.6 is 11.6 Å². The molecule has 1 atom stereocenters. The molecular weight excluding hydrogens is 230 g/mol. The summed E-state index contributed by atoms with van der Waals surface area (Å²) in [7, 11) is 0. The van der Waals surface area contributed by atoms with Crippen molar-refractivity contribution in [2.24, 2.45) is 0 Å². The molecule has 0 aliphatic heterocycles. The molecule has 0 aliphatic carbocycles. The van der Waals surface area contributed by atoms with E-state index >= 15 is 0 Å². The van der Waals surface area contributed by atoms with Crippen LogP contribution in [0.5, 0.6) is 0 Å². The van der Waals surface area contributed by atoms with Gasteiger partial charge in [0.05, 0.1) is 0 Å². The van der Waals surface area contributed by atoms with Gasteiger partial charge in [-0.25, -0.2) is 14.8 Å². The number of anilines is 1. The molecule has 0 fully saturated rings. The molecule has 1 rings (SSSR count). The Bertz CT molecular complexity index is 442. The van der Waals surface area contributed by atoms with E-state index in [0.29, 0.717) is 12.2 Å². The van der Waals surface area contributed by atoms with Crippen LogP contribution < -0.4 is 5.32 Å². The van der Waals surface area contributed by atoms with E-state index in [1.54, 1.807) is 0 Å². The summed E-state index contributed by atoms with van der Waals surface area (Å²) in [5.41, 5.74) is -0.157. The molecule has 0 spiro atoms. The van der Waals surface area contributed by atoms with E-state index in [4.69, 9.17) is 23.1 Å². The lowest BCUT2D eigenvalue weighted by Crippen LogP contribution is -2.16. The van der Waals surface area contributed by atoms with Crippen LogP contribution in [0.2, 0.25) is 5.28 Å². The second-order valence-electron chi connectivity index (χ2n) is 3.17. The van der Waals surface area contributed by atoms with Gasteiger partial charge in [0.2, 0.25) is 5.28 Å². The van der Waals surface area contributed by atoms with Crippen molar-refractivity contribution in [2.45, 2.75) is 19.4 Å². The average Bonchev–Trinajstić information content (AvgIpc) is 2.16. The smallest absolute Gasteiger partial charge is 0.354 e. The summed E-state index contributed by atoms with van der Waals surface area (Å²) >= 11 is 5.59. The van der Waals surface area contributed by atoms with Crippen molar-refractivity contribution in [3.63, 3.8) is 0 Å². The lowest BCUT2D eigenvalue weighted by Gasteiger charge is -2.11. The average molecular weight is 240 g/mol. The van der Waals surface area contributed by atoms with Gasteiger partial charge in [0.25, 0.3) is 0 Å². The summed E-state index contributed by atoms with van der Waals surface area (Å²) < 4.78 is 0. The van der Waals surface area contributed by atoms with Crippen molar-refractivity contribution < 1.29 is 9.90 Å². The molecule has 0 aliphatic rings. The van der Waals surface area contributed by atoms with Gasteiger partial charge in [-0.05, 0) is 18.5 Å². The maximum Gasteiger partial charge on any atom is 0.354 e. The van der Waals surface area contributed by atoms with Gasteiger partial charge in [0.1, 0.15) is 5.82 Å². The second-order valence-corrected chi connectivity index (χ2v) is 3.50. The van der Waals surface area contributed by atoms with Gasteiger partial charge < -0.3 is 10.4 Å². The standard InChI is InChI=1S/C10H10ClN3O2/c1-3-4-6(2)12-8-5-7(9(15)16)13-10(11)14-8/h1,5-6H,4H2,2H3,(H,15,16)(H,12,13,14). The highest BCUT2D eigenvalue weighted by molar-refractivity contribution is 6.28. The Morgan fingerprint density at radius 2 is 2.44 bits per heavy atom. The zero-order chi connectivity index (χ0) is 12.1. The molecule has 0 saturated heterocycles. The number of aromatic carboxylic acids is 1. The maximum absolute atomic E-state index is 10.7. The number of hydrogen-bond donors (Lipinski definition) is 2. The second kappa shape index (κ2) is 5.33. The molecule has 0 bridgehead atoms. The Balaban J connectivity index is 2.89. The number of carbonyl (C=O) groups is 1. The zero-order valence-electron chi connectivity index (χ0n) is 8.57. The Kier molecular flexibility index (Phi) is 4.09. The number of rotatable bonds is 4. The molecule has 84 valence electrons. The minimum atomic E-state index is -1.16. The number of halogens is 1. The highest BCUT2D eigenvalue weighted by Gasteiger charge is 2.10. The van der Waals surface area contributed by atoms with Crippen LogP contribution in [0.25, 0.3) is 0 Å². The zero-order valence-corrected chi connectivity index (χ0v) is 9.32. The van der Waals surface area contributed by atoms with E-state index in [0.717, 1.165) is 0 Å².